The molecule has 0 unspecified atom stereocenters. The molecule has 2 amide bonds. The summed E-state index contributed by atoms with van der Waals surface area (Å²) in [6.45, 7) is 0.540. The van der Waals surface area contributed by atoms with Gasteiger partial charge in [0.15, 0.2) is 0 Å². The smallest absolute Gasteiger partial charge is 0.329 e. The van der Waals surface area contributed by atoms with Crippen molar-refractivity contribution in [1.29, 1.82) is 0 Å². The van der Waals surface area contributed by atoms with E-state index >= 15 is 0 Å². The van der Waals surface area contributed by atoms with Crippen molar-refractivity contribution in [2.45, 2.75) is 32.1 Å². The van der Waals surface area contributed by atoms with Crippen LogP contribution in [0.1, 0.15) is 32.1 Å². The Hall–Kier alpha value is -3.06. The van der Waals surface area contributed by atoms with Gasteiger partial charge in [-0.2, -0.15) is 0 Å². The number of rotatable bonds is 7. The van der Waals surface area contributed by atoms with Crippen LogP contribution in [-0.2, 0) is 9.53 Å². The van der Waals surface area contributed by atoms with Crippen molar-refractivity contribution >= 4 is 23.4 Å². The molecule has 2 N–H and O–H groups in total. The van der Waals surface area contributed by atoms with Crippen molar-refractivity contribution in [2.75, 3.05) is 32.3 Å². The van der Waals surface area contributed by atoms with Crippen LogP contribution >= 0.6 is 0 Å². The molecule has 31 heavy (non-hydrogen) atoms. The molecule has 7 nitrogen and oxygen atoms in total. The largest absolute Gasteiger partial charge is 0.497 e. The number of carbonyl (C=O) groups excluding carboxylic acids is 1. The van der Waals surface area contributed by atoms with Gasteiger partial charge in [0.05, 0.1) is 18.5 Å². The Morgan fingerprint density at radius 2 is 1.58 bits per heavy atom. The van der Waals surface area contributed by atoms with Gasteiger partial charge in [-0.3, -0.25) is 4.90 Å². The molecule has 0 aliphatic heterocycles. The van der Waals surface area contributed by atoms with Gasteiger partial charge in [-0.05, 0) is 55.2 Å². The molecule has 0 atom stereocenters. The number of benzene rings is 2. The molecule has 2 aromatic carbocycles. The number of hydrogen-bond acceptors (Lipinski definition) is 4. The molecule has 1 fully saturated rings. The van der Waals surface area contributed by atoms with Gasteiger partial charge in [-0.1, -0.05) is 37.5 Å². The molecular formula is C24H32N2O5. The standard InChI is InChI=1S/C21H26N2O2.C3H6O3/c1-25-20-14-12-19(13-15-20)23(18-10-6-3-7-11-18)21(24)22-16-17-8-4-2-5-9-17;1-6-2-3(4)5/h3,6-7,10-15,17H,2,4-5,8-9,16H2,1H3,(H,22,24);2H2,1H3,(H,4,5). The van der Waals surface area contributed by atoms with E-state index in [9.17, 15) is 9.59 Å². The molecule has 1 aliphatic carbocycles. The third-order valence-corrected chi connectivity index (χ3v) is 5.08. The third kappa shape index (κ3) is 8.30. The highest BCUT2D eigenvalue weighted by Gasteiger charge is 2.20. The normalized spacial score (nSPS) is 13.5. The van der Waals surface area contributed by atoms with Gasteiger partial charge in [0.1, 0.15) is 12.4 Å². The lowest BCUT2D eigenvalue weighted by atomic mass is 9.89. The zero-order valence-corrected chi connectivity index (χ0v) is 18.3. The van der Waals surface area contributed by atoms with Gasteiger partial charge >= 0.3 is 12.0 Å². The van der Waals surface area contributed by atoms with Gasteiger partial charge in [-0.15, -0.1) is 0 Å². The lowest BCUT2D eigenvalue weighted by Crippen LogP contribution is -2.39. The number of methoxy groups -OCH3 is 2. The molecule has 0 heterocycles. The van der Waals surface area contributed by atoms with Crippen molar-refractivity contribution in [2.24, 2.45) is 5.92 Å². The Labute approximate surface area is 184 Å². The Balaban J connectivity index is 0.000000501. The maximum atomic E-state index is 12.9. The molecule has 0 aromatic heterocycles. The number of urea groups is 1. The predicted molar refractivity (Wildman–Crippen MR) is 121 cm³/mol. The van der Waals surface area contributed by atoms with E-state index in [1.807, 2.05) is 54.6 Å². The number of carboxylic acid groups (broad SMARTS) is 1. The minimum Gasteiger partial charge on any atom is -0.497 e. The molecule has 0 saturated heterocycles. The van der Waals surface area contributed by atoms with Crippen LogP contribution in [0.4, 0.5) is 16.2 Å². The van der Waals surface area contributed by atoms with Crippen LogP contribution in [-0.4, -0.2) is 44.5 Å². The minimum absolute atomic E-state index is 0.0815. The van der Waals surface area contributed by atoms with Crippen LogP contribution in [0.25, 0.3) is 0 Å². The minimum atomic E-state index is -0.933. The molecule has 1 aliphatic rings. The van der Waals surface area contributed by atoms with E-state index in [1.165, 1.54) is 39.2 Å². The summed E-state index contributed by atoms with van der Waals surface area (Å²) in [5.41, 5.74) is 1.68. The maximum absolute atomic E-state index is 12.9. The third-order valence-electron chi connectivity index (χ3n) is 5.08. The Kier molecular flexibility index (Phi) is 10.4. The van der Waals surface area contributed by atoms with E-state index < -0.39 is 5.97 Å². The van der Waals surface area contributed by atoms with Crippen LogP contribution in [0.5, 0.6) is 5.75 Å². The Bertz CT molecular complexity index is 789. The number of hydrogen-bond donors (Lipinski definition) is 2. The lowest BCUT2D eigenvalue weighted by Gasteiger charge is -2.26. The van der Waals surface area contributed by atoms with Crippen molar-refractivity contribution < 1.29 is 24.2 Å². The number of nitrogens with zero attached hydrogens (tertiary/aromatic N) is 1. The first-order chi connectivity index (χ1) is 15.0. The molecule has 3 rings (SSSR count). The van der Waals surface area contributed by atoms with E-state index in [0.29, 0.717) is 5.92 Å². The molecule has 2 aromatic rings. The van der Waals surface area contributed by atoms with E-state index in [1.54, 1.807) is 12.0 Å². The second-order valence-corrected chi connectivity index (χ2v) is 7.39. The predicted octanol–water partition coefficient (Wildman–Crippen LogP) is 4.84. The fraction of sp³-hybridized carbons (Fsp3) is 0.417. The number of anilines is 2. The van der Waals surface area contributed by atoms with E-state index in [2.05, 4.69) is 10.1 Å². The number of para-hydroxylation sites is 1. The van der Waals surface area contributed by atoms with Crippen LogP contribution < -0.4 is 15.0 Å². The number of carboxylic acids is 1. The number of carbonyl (C=O) groups is 2. The van der Waals surface area contributed by atoms with Gasteiger partial charge in [0, 0.05) is 13.7 Å². The van der Waals surface area contributed by atoms with Crippen molar-refractivity contribution in [1.82, 2.24) is 5.32 Å². The zero-order valence-electron chi connectivity index (χ0n) is 18.3. The molecule has 7 heteroatoms. The van der Waals surface area contributed by atoms with Crippen LogP contribution in [0.3, 0.4) is 0 Å². The molecule has 0 spiro atoms. The second-order valence-electron chi connectivity index (χ2n) is 7.39. The summed E-state index contributed by atoms with van der Waals surface area (Å²) in [6.07, 6.45) is 6.32. The highest BCUT2D eigenvalue weighted by Crippen LogP contribution is 2.28. The monoisotopic (exact) mass is 428 g/mol. The average molecular weight is 429 g/mol. The first kappa shape index (κ1) is 24.2. The van der Waals surface area contributed by atoms with Crippen LogP contribution in [0.15, 0.2) is 54.6 Å². The summed E-state index contributed by atoms with van der Waals surface area (Å²) < 4.78 is 9.43. The number of nitrogens with one attached hydrogen (secondary N) is 1. The number of amides is 2. The van der Waals surface area contributed by atoms with Crippen LogP contribution in [0, 0.1) is 5.92 Å². The van der Waals surface area contributed by atoms with Crippen LogP contribution in [0.2, 0.25) is 0 Å². The molecule has 0 radical (unpaired) electrons. The second kappa shape index (κ2) is 13.3. The fourth-order valence-electron chi connectivity index (χ4n) is 3.52. The summed E-state index contributed by atoms with van der Waals surface area (Å²) >= 11 is 0. The van der Waals surface area contributed by atoms with E-state index in [0.717, 1.165) is 23.7 Å². The topological polar surface area (TPSA) is 88.1 Å². The van der Waals surface area contributed by atoms with Gasteiger partial charge < -0.3 is 19.9 Å². The highest BCUT2D eigenvalue weighted by atomic mass is 16.5. The van der Waals surface area contributed by atoms with Gasteiger partial charge in [0.2, 0.25) is 0 Å². The summed E-state index contributed by atoms with van der Waals surface area (Å²) in [6, 6.07) is 17.2. The summed E-state index contributed by atoms with van der Waals surface area (Å²) in [5.74, 6) is 0.447. The molecule has 1 saturated carbocycles. The zero-order chi connectivity index (χ0) is 22.5. The van der Waals surface area contributed by atoms with Crippen molar-refractivity contribution in [3.63, 3.8) is 0 Å². The molecular weight excluding hydrogens is 396 g/mol. The summed E-state index contributed by atoms with van der Waals surface area (Å²) in [7, 11) is 2.98. The molecule has 168 valence electrons. The van der Waals surface area contributed by atoms with E-state index in [4.69, 9.17) is 9.84 Å². The Morgan fingerprint density at radius 3 is 2.10 bits per heavy atom. The quantitative estimate of drug-likeness (QED) is 0.659. The van der Waals surface area contributed by atoms with Crippen molar-refractivity contribution in [3.05, 3.63) is 54.6 Å². The highest BCUT2D eigenvalue weighted by molar-refractivity contribution is 5.99. The van der Waals surface area contributed by atoms with Crippen molar-refractivity contribution in [3.8, 4) is 5.75 Å². The number of ether oxygens (including phenoxy) is 2. The maximum Gasteiger partial charge on any atom is 0.329 e. The first-order valence-corrected chi connectivity index (χ1v) is 10.5. The number of aliphatic carboxylic acids is 1. The summed E-state index contributed by atoms with van der Waals surface area (Å²) in [4.78, 5) is 24.1. The fourth-order valence-corrected chi connectivity index (χ4v) is 3.52. The van der Waals surface area contributed by atoms with Gasteiger partial charge in [0.25, 0.3) is 0 Å². The van der Waals surface area contributed by atoms with E-state index in [-0.39, 0.29) is 12.6 Å². The van der Waals surface area contributed by atoms with Gasteiger partial charge in [-0.25, -0.2) is 9.59 Å². The average Bonchev–Trinajstić information content (AvgIpc) is 2.80. The summed E-state index contributed by atoms with van der Waals surface area (Å²) in [5, 5.41) is 10.9. The SMILES string of the molecule is COCC(=O)O.COc1ccc(N(C(=O)NCC2CCCCC2)c2ccccc2)cc1. The Morgan fingerprint density at radius 1 is 0.968 bits per heavy atom. The first-order valence-electron chi connectivity index (χ1n) is 10.5. The molecule has 0 bridgehead atoms. The lowest BCUT2D eigenvalue weighted by molar-refractivity contribution is -0.141.